The maximum atomic E-state index is 12.4. The molecule has 0 aliphatic heterocycles. The van der Waals surface area contributed by atoms with E-state index in [-0.39, 0.29) is 5.91 Å². The average molecular weight is 355 g/mol. The van der Waals surface area contributed by atoms with Crippen LogP contribution in [0.3, 0.4) is 0 Å². The van der Waals surface area contributed by atoms with Gasteiger partial charge < -0.3 is 11.1 Å². The molecule has 1 aromatic carbocycles. The van der Waals surface area contributed by atoms with Crippen LogP contribution in [0.1, 0.15) is 43.0 Å². The number of carbonyl (C=O) groups excluding carboxylic acids is 1. The highest BCUT2D eigenvalue weighted by Gasteiger charge is 2.38. The minimum Gasteiger partial charge on any atom is -0.391 e. The van der Waals surface area contributed by atoms with Gasteiger partial charge in [0.05, 0.1) is 10.5 Å². The highest BCUT2D eigenvalue weighted by atomic mass is 79.9. The van der Waals surface area contributed by atoms with Crippen molar-refractivity contribution >= 4 is 39.0 Å². The Morgan fingerprint density at radius 3 is 2.40 bits per heavy atom. The minimum atomic E-state index is -0.522. The lowest BCUT2D eigenvalue weighted by Crippen LogP contribution is -2.58. The first-order valence-electron chi connectivity index (χ1n) is 6.81. The van der Waals surface area contributed by atoms with E-state index in [2.05, 4.69) is 28.2 Å². The molecule has 20 heavy (non-hydrogen) atoms. The molecule has 0 atom stereocenters. The van der Waals surface area contributed by atoms with Gasteiger partial charge in [0.15, 0.2) is 0 Å². The predicted octanol–water partition coefficient (Wildman–Crippen LogP) is 3.41. The highest BCUT2D eigenvalue weighted by Crippen LogP contribution is 2.32. The molecule has 1 saturated carbocycles. The molecule has 1 aromatic rings. The van der Waals surface area contributed by atoms with E-state index in [1.807, 2.05) is 12.1 Å². The van der Waals surface area contributed by atoms with Crippen LogP contribution in [0.2, 0.25) is 0 Å². The number of nitrogens with one attached hydrogen (secondary N) is 1. The maximum Gasteiger partial charge on any atom is 0.252 e. The SMILES string of the molecule is CC1CCC(NC(=O)c2ccc(Br)cc2)(C(N)=S)CC1. The summed E-state index contributed by atoms with van der Waals surface area (Å²) in [5, 5.41) is 3.07. The molecular formula is C15H19BrN2OS. The van der Waals surface area contributed by atoms with Crippen molar-refractivity contribution in [2.75, 3.05) is 0 Å². The zero-order chi connectivity index (χ0) is 14.8. The largest absolute Gasteiger partial charge is 0.391 e. The smallest absolute Gasteiger partial charge is 0.252 e. The molecule has 1 aliphatic carbocycles. The molecule has 0 aromatic heterocycles. The van der Waals surface area contributed by atoms with Gasteiger partial charge in [0.25, 0.3) is 5.91 Å². The molecule has 0 heterocycles. The summed E-state index contributed by atoms with van der Waals surface area (Å²) in [5.74, 6) is 0.557. The zero-order valence-corrected chi connectivity index (χ0v) is 13.9. The maximum absolute atomic E-state index is 12.4. The molecule has 2 rings (SSSR count). The molecule has 0 unspecified atom stereocenters. The molecule has 0 spiro atoms. The molecule has 1 aliphatic rings. The standard InChI is InChI=1S/C15H19BrN2OS/c1-10-6-8-15(9-7-10,14(17)20)18-13(19)11-2-4-12(16)5-3-11/h2-5,10H,6-9H2,1H3,(H2,17,20)(H,18,19). The van der Waals surface area contributed by atoms with E-state index in [1.165, 1.54) is 0 Å². The van der Waals surface area contributed by atoms with Crippen LogP contribution in [-0.2, 0) is 0 Å². The number of carbonyl (C=O) groups is 1. The fourth-order valence-corrected chi connectivity index (χ4v) is 3.10. The molecule has 0 saturated heterocycles. The van der Waals surface area contributed by atoms with Crippen molar-refractivity contribution < 1.29 is 4.79 Å². The normalized spacial score (nSPS) is 26.0. The fourth-order valence-electron chi connectivity index (χ4n) is 2.58. The summed E-state index contributed by atoms with van der Waals surface area (Å²) in [5.41, 5.74) is 6.01. The molecule has 108 valence electrons. The monoisotopic (exact) mass is 354 g/mol. The van der Waals surface area contributed by atoms with Crippen molar-refractivity contribution in [3.05, 3.63) is 34.3 Å². The lowest BCUT2D eigenvalue weighted by atomic mass is 9.77. The number of amides is 1. The van der Waals surface area contributed by atoms with Crippen LogP contribution < -0.4 is 11.1 Å². The third kappa shape index (κ3) is 3.38. The van der Waals surface area contributed by atoms with Crippen molar-refractivity contribution in [2.45, 2.75) is 38.1 Å². The van der Waals surface area contributed by atoms with Gasteiger partial charge in [-0.3, -0.25) is 4.79 Å². The summed E-state index contributed by atoms with van der Waals surface area (Å²) in [6.45, 7) is 2.22. The van der Waals surface area contributed by atoms with E-state index in [1.54, 1.807) is 12.1 Å². The number of hydrogen-bond donors (Lipinski definition) is 2. The van der Waals surface area contributed by atoms with E-state index in [4.69, 9.17) is 18.0 Å². The molecular weight excluding hydrogens is 336 g/mol. The van der Waals surface area contributed by atoms with Gasteiger partial charge in [-0.15, -0.1) is 0 Å². The van der Waals surface area contributed by atoms with Crippen molar-refractivity contribution in [3.8, 4) is 0 Å². The van der Waals surface area contributed by atoms with Crippen LogP contribution in [0.25, 0.3) is 0 Å². The van der Waals surface area contributed by atoms with Gasteiger partial charge in [-0.05, 0) is 55.9 Å². The number of halogens is 1. The summed E-state index contributed by atoms with van der Waals surface area (Å²) >= 11 is 8.57. The Labute approximate surface area is 133 Å². The minimum absolute atomic E-state index is 0.111. The second-order valence-corrected chi connectivity index (χ2v) is 6.95. The first-order valence-corrected chi connectivity index (χ1v) is 8.01. The van der Waals surface area contributed by atoms with Gasteiger partial charge >= 0.3 is 0 Å². The van der Waals surface area contributed by atoms with Crippen LogP contribution in [0.5, 0.6) is 0 Å². The van der Waals surface area contributed by atoms with E-state index in [9.17, 15) is 4.79 Å². The Kier molecular flexibility index (Phi) is 4.81. The molecule has 0 bridgehead atoms. The summed E-state index contributed by atoms with van der Waals surface area (Å²) < 4.78 is 0.949. The second kappa shape index (κ2) is 6.22. The van der Waals surface area contributed by atoms with Crippen molar-refractivity contribution in [3.63, 3.8) is 0 Å². The van der Waals surface area contributed by atoms with Crippen molar-refractivity contribution in [2.24, 2.45) is 11.7 Å². The van der Waals surface area contributed by atoms with Crippen LogP contribution in [0.4, 0.5) is 0 Å². The predicted molar refractivity (Wildman–Crippen MR) is 88.8 cm³/mol. The van der Waals surface area contributed by atoms with Crippen LogP contribution in [0, 0.1) is 5.92 Å². The molecule has 3 N–H and O–H groups in total. The topological polar surface area (TPSA) is 55.1 Å². The Morgan fingerprint density at radius 1 is 1.35 bits per heavy atom. The third-order valence-corrected chi connectivity index (χ3v) is 4.98. The molecule has 5 heteroatoms. The van der Waals surface area contributed by atoms with Crippen molar-refractivity contribution in [1.29, 1.82) is 0 Å². The number of nitrogens with two attached hydrogens (primary N) is 1. The van der Waals surface area contributed by atoms with E-state index in [0.717, 1.165) is 30.2 Å². The molecule has 0 radical (unpaired) electrons. The van der Waals surface area contributed by atoms with E-state index >= 15 is 0 Å². The second-order valence-electron chi connectivity index (χ2n) is 5.59. The fraction of sp³-hybridized carbons (Fsp3) is 0.467. The third-order valence-electron chi connectivity index (χ3n) is 4.06. The van der Waals surface area contributed by atoms with Crippen LogP contribution >= 0.6 is 28.1 Å². The Hall–Kier alpha value is -0.940. The Morgan fingerprint density at radius 2 is 1.90 bits per heavy atom. The lowest BCUT2D eigenvalue weighted by molar-refractivity contribution is 0.0900. The van der Waals surface area contributed by atoms with E-state index < -0.39 is 5.54 Å². The number of hydrogen-bond acceptors (Lipinski definition) is 2. The Balaban J connectivity index is 2.14. The number of rotatable bonds is 3. The Bertz CT molecular complexity index is 507. The molecule has 1 fully saturated rings. The van der Waals surface area contributed by atoms with Crippen LogP contribution in [-0.4, -0.2) is 16.4 Å². The van der Waals surface area contributed by atoms with Gasteiger partial charge in [0.1, 0.15) is 0 Å². The molecule has 3 nitrogen and oxygen atoms in total. The van der Waals surface area contributed by atoms with Gasteiger partial charge in [-0.1, -0.05) is 35.1 Å². The highest BCUT2D eigenvalue weighted by molar-refractivity contribution is 9.10. The lowest BCUT2D eigenvalue weighted by Gasteiger charge is -2.39. The summed E-state index contributed by atoms with van der Waals surface area (Å²) in [4.78, 5) is 12.8. The summed E-state index contributed by atoms with van der Waals surface area (Å²) in [6, 6.07) is 7.28. The van der Waals surface area contributed by atoms with Crippen LogP contribution in [0.15, 0.2) is 28.7 Å². The van der Waals surface area contributed by atoms with Gasteiger partial charge in [0, 0.05) is 10.0 Å². The van der Waals surface area contributed by atoms with E-state index in [0.29, 0.717) is 16.5 Å². The number of thiocarbonyl (C=S) groups is 1. The zero-order valence-electron chi connectivity index (χ0n) is 11.5. The number of benzene rings is 1. The average Bonchev–Trinajstić information content (AvgIpc) is 2.42. The van der Waals surface area contributed by atoms with Gasteiger partial charge in [0.2, 0.25) is 0 Å². The van der Waals surface area contributed by atoms with Crippen molar-refractivity contribution in [1.82, 2.24) is 5.32 Å². The quantitative estimate of drug-likeness (QED) is 0.817. The summed E-state index contributed by atoms with van der Waals surface area (Å²) in [7, 11) is 0. The summed E-state index contributed by atoms with van der Waals surface area (Å²) in [6.07, 6.45) is 3.73. The van der Waals surface area contributed by atoms with Gasteiger partial charge in [-0.25, -0.2) is 0 Å². The molecule has 1 amide bonds. The first kappa shape index (κ1) is 15.4. The first-order chi connectivity index (χ1) is 9.43. The van der Waals surface area contributed by atoms with Gasteiger partial charge in [-0.2, -0.15) is 0 Å².